The minimum absolute atomic E-state index is 0.500. The fourth-order valence-corrected chi connectivity index (χ4v) is 2.68. The molecule has 0 amide bonds. The Balaban J connectivity index is 1.70. The molecule has 0 spiro atoms. The van der Waals surface area contributed by atoms with Crippen LogP contribution in [-0.4, -0.2) is 45.2 Å². The van der Waals surface area contributed by atoms with Crippen molar-refractivity contribution in [2.45, 2.75) is 32.7 Å². The molecule has 1 fully saturated rings. The second-order valence-corrected chi connectivity index (χ2v) is 5.25. The van der Waals surface area contributed by atoms with E-state index in [1.165, 1.54) is 25.9 Å². The van der Waals surface area contributed by atoms with Gasteiger partial charge in [-0.05, 0) is 37.9 Å². The van der Waals surface area contributed by atoms with Crippen molar-refractivity contribution in [3.05, 3.63) is 23.9 Å². The number of nitrogens with zero attached hydrogens (tertiary/aromatic N) is 4. The molecule has 2 aromatic rings. The molecule has 1 N–H and O–H groups in total. The monoisotopic (exact) mass is 259 g/mol. The first-order chi connectivity index (χ1) is 9.26. The quantitative estimate of drug-likeness (QED) is 0.915. The third kappa shape index (κ3) is 2.56. The van der Waals surface area contributed by atoms with Gasteiger partial charge in [0, 0.05) is 25.3 Å². The number of hydrogen-bond donors (Lipinski definition) is 1. The summed E-state index contributed by atoms with van der Waals surface area (Å²) in [6.07, 6.45) is 4.28. The first-order valence-electron chi connectivity index (χ1n) is 7.07. The zero-order valence-electron chi connectivity index (χ0n) is 11.6. The highest BCUT2D eigenvalue weighted by Crippen LogP contribution is 2.15. The molecular weight excluding hydrogens is 238 g/mol. The average Bonchev–Trinajstić information content (AvgIpc) is 2.84. The highest BCUT2D eigenvalue weighted by Gasteiger charge is 2.19. The fourth-order valence-electron chi connectivity index (χ4n) is 2.68. The second kappa shape index (κ2) is 5.17. The van der Waals surface area contributed by atoms with Gasteiger partial charge in [0.1, 0.15) is 0 Å². The average molecular weight is 259 g/mol. The Morgan fingerprint density at radius 1 is 1.37 bits per heavy atom. The Kier molecular flexibility index (Phi) is 3.38. The number of nitrogens with one attached hydrogen (secondary N) is 1. The van der Waals surface area contributed by atoms with Gasteiger partial charge in [-0.2, -0.15) is 4.98 Å². The Morgan fingerprint density at radius 3 is 2.84 bits per heavy atom. The van der Waals surface area contributed by atoms with Crippen LogP contribution in [0.25, 0.3) is 5.65 Å². The van der Waals surface area contributed by atoms with Crippen molar-refractivity contribution in [3.8, 4) is 0 Å². The molecule has 0 atom stereocenters. The molecule has 1 saturated heterocycles. The minimum Gasteiger partial charge on any atom is -0.350 e. The molecule has 0 bridgehead atoms. The number of pyridine rings is 1. The van der Waals surface area contributed by atoms with E-state index in [0.717, 1.165) is 23.7 Å². The van der Waals surface area contributed by atoms with Crippen LogP contribution in [-0.2, 0) is 0 Å². The van der Waals surface area contributed by atoms with Gasteiger partial charge < -0.3 is 10.2 Å². The van der Waals surface area contributed by atoms with Gasteiger partial charge in [0.15, 0.2) is 5.65 Å². The number of fused-ring (bicyclic) bond motifs is 1. The van der Waals surface area contributed by atoms with E-state index < -0.39 is 0 Å². The normalized spacial score (nSPS) is 18.0. The maximum absolute atomic E-state index is 4.57. The predicted octanol–water partition coefficient (Wildman–Crippen LogP) is 1.93. The number of hydrogen-bond acceptors (Lipinski definition) is 4. The van der Waals surface area contributed by atoms with E-state index in [1.54, 1.807) is 0 Å². The van der Waals surface area contributed by atoms with Crippen LogP contribution in [0.2, 0.25) is 0 Å². The topological polar surface area (TPSA) is 45.5 Å². The van der Waals surface area contributed by atoms with Crippen LogP contribution in [0.15, 0.2) is 18.3 Å². The van der Waals surface area contributed by atoms with Crippen molar-refractivity contribution in [1.29, 1.82) is 0 Å². The van der Waals surface area contributed by atoms with E-state index in [1.807, 2.05) is 16.8 Å². The third-order valence-electron chi connectivity index (χ3n) is 3.93. The summed E-state index contributed by atoms with van der Waals surface area (Å²) in [6, 6.07) is 4.56. The number of aromatic nitrogens is 3. The van der Waals surface area contributed by atoms with Crippen molar-refractivity contribution in [2.75, 3.05) is 25.0 Å². The molecule has 5 nitrogen and oxygen atoms in total. The smallest absolute Gasteiger partial charge is 0.243 e. The van der Waals surface area contributed by atoms with Crippen LogP contribution in [0, 0.1) is 6.92 Å². The van der Waals surface area contributed by atoms with E-state index in [9.17, 15) is 0 Å². The summed E-state index contributed by atoms with van der Waals surface area (Å²) in [7, 11) is 0. The maximum Gasteiger partial charge on any atom is 0.243 e. The molecule has 2 aromatic heterocycles. The maximum atomic E-state index is 4.57. The molecule has 1 aliphatic rings. The van der Waals surface area contributed by atoms with Crippen LogP contribution >= 0.6 is 0 Å². The summed E-state index contributed by atoms with van der Waals surface area (Å²) >= 11 is 0. The Hall–Kier alpha value is -1.62. The Morgan fingerprint density at radius 2 is 2.16 bits per heavy atom. The standard InChI is InChI=1S/C14H21N5/c1-3-18-9-6-12(7-10-18)15-14-16-13-11(2)5-4-8-19(13)17-14/h4-5,8,12H,3,6-7,9-10H2,1-2H3,(H,15,17). The van der Waals surface area contributed by atoms with E-state index >= 15 is 0 Å². The van der Waals surface area contributed by atoms with Gasteiger partial charge in [0.05, 0.1) is 0 Å². The van der Waals surface area contributed by atoms with Gasteiger partial charge in [-0.25, -0.2) is 4.52 Å². The molecule has 3 rings (SSSR count). The van der Waals surface area contributed by atoms with Crippen LogP contribution in [0.5, 0.6) is 0 Å². The van der Waals surface area contributed by atoms with E-state index in [-0.39, 0.29) is 0 Å². The number of anilines is 1. The summed E-state index contributed by atoms with van der Waals surface area (Å²) in [5.74, 6) is 0.754. The van der Waals surface area contributed by atoms with Gasteiger partial charge >= 0.3 is 0 Å². The molecule has 19 heavy (non-hydrogen) atoms. The fraction of sp³-hybridized carbons (Fsp3) is 0.571. The molecule has 1 aliphatic heterocycles. The summed E-state index contributed by atoms with van der Waals surface area (Å²) in [4.78, 5) is 7.06. The van der Waals surface area contributed by atoms with Crippen molar-refractivity contribution < 1.29 is 0 Å². The van der Waals surface area contributed by atoms with Gasteiger partial charge in [-0.1, -0.05) is 13.0 Å². The van der Waals surface area contributed by atoms with Crippen molar-refractivity contribution >= 4 is 11.6 Å². The molecule has 3 heterocycles. The van der Waals surface area contributed by atoms with Gasteiger partial charge in [0.25, 0.3) is 0 Å². The van der Waals surface area contributed by atoms with E-state index in [0.29, 0.717) is 6.04 Å². The van der Waals surface area contributed by atoms with Crippen LogP contribution in [0.1, 0.15) is 25.3 Å². The Bertz CT molecular complexity index is 554. The molecule has 5 heteroatoms. The lowest BCUT2D eigenvalue weighted by molar-refractivity contribution is 0.229. The zero-order valence-corrected chi connectivity index (χ0v) is 11.6. The van der Waals surface area contributed by atoms with E-state index in [2.05, 4.69) is 40.2 Å². The van der Waals surface area contributed by atoms with Crippen LogP contribution < -0.4 is 5.32 Å². The highest BCUT2D eigenvalue weighted by molar-refractivity contribution is 5.49. The largest absolute Gasteiger partial charge is 0.350 e. The first kappa shape index (κ1) is 12.4. The minimum atomic E-state index is 0.500. The predicted molar refractivity (Wildman–Crippen MR) is 76.5 cm³/mol. The molecule has 0 aromatic carbocycles. The summed E-state index contributed by atoms with van der Waals surface area (Å²) in [5, 5.41) is 7.96. The second-order valence-electron chi connectivity index (χ2n) is 5.25. The van der Waals surface area contributed by atoms with Gasteiger partial charge in [-0.15, -0.1) is 5.10 Å². The lowest BCUT2D eigenvalue weighted by atomic mass is 10.1. The zero-order chi connectivity index (χ0) is 13.2. The van der Waals surface area contributed by atoms with Crippen molar-refractivity contribution in [1.82, 2.24) is 19.5 Å². The number of likely N-dealkylation sites (tertiary alicyclic amines) is 1. The van der Waals surface area contributed by atoms with Crippen molar-refractivity contribution in [3.63, 3.8) is 0 Å². The molecule has 102 valence electrons. The van der Waals surface area contributed by atoms with Crippen LogP contribution in [0.3, 0.4) is 0 Å². The van der Waals surface area contributed by atoms with Crippen molar-refractivity contribution in [2.24, 2.45) is 0 Å². The summed E-state index contributed by atoms with van der Waals surface area (Å²) in [5.41, 5.74) is 2.10. The van der Waals surface area contributed by atoms with Gasteiger partial charge in [0.2, 0.25) is 5.95 Å². The molecule has 0 aliphatic carbocycles. The van der Waals surface area contributed by atoms with Gasteiger partial charge in [-0.3, -0.25) is 0 Å². The molecule has 0 saturated carbocycles. The van der Waals surface area contributed by atoms with Crippen LogP contribution in [0.4, 0.5) is 5.95 Å². The SMILES string of the molecule is CCN1CCC(Nc2nc3c(C)cccn3n2)CC1. The molecule has 0 unspecified atom stereocenters. The lowest BCUT2D eigenvalue weighted by Gasteiger charge is -2.31. The number of rotatable bonds is 3. The lowest BCUT2D eigenvalue weighted by Crippen LogP contribution is -2.39. The first-order valence-corrected chi connectivity index (χ1v) is 7.07. The summed E-state index contributed by atoms with van der Waals surface area (Å²) in [6.45, 7) is 7.77. The van der Waals surface area contributed by atoms with E-state index in [4.69, 9.17) is 0 Å². The summed E-state index contributed by atoms with van der Waals surface area (Å²) < 4.78 is 1.85. The molecular formula is C14H21N5. The third-order valence-corrected chi connectivity index (χ3v) is 3.93. The number of piperidine rings is 1. The number of aryl methyl sites for hydroxylation is 1. The highest BCUT2D eigenvalue weighted by atomic mass is 15.3. The Labute approximate surface area is 113 Å². The molecule has 0 radical (unpaired) electrons.